The van der Waals surface area contributed by atoms with Gasteiger partial charge in [0.25, 0.3) is 0 Å². The Morgan fingerprint density at radius 3 is 2.36 bits per heavy atom. The predicted molar refractivity (Wildman–Crippen MR) is 59.8 cm³/mol. The zero-order valence-electron chi connectivity index (χ0n) is 7.06. The molecule has 0 atom stereocenters. The molecule has 0 radical (unpaired) electrons. The van der Waals surface area contributed by atoms with Crippen molar-refractivity contribution < 1.29 is 9.59 Å². The standard InChI is InChI=1S/C10H6O2S2/c11-8-5-9(14-13)10(12)7-4-2-1-3-6(7)8/h1-5,13H. The first kappa shape index (κ1) is 9.55. The van der Waals surface area contributed by atoms with Gasteiger partial charge in [0.2, 0.25) is 5.78 Å². The molecule has 1 aliphatic rings. The molecule has 0 aromatic heterocycles. The van der Waals surface area contributed by atoms with Crippen molar-refractivity contribution in [1.82, 2.24) is 0 Å². The number of rotatable bonds is 1. The van der Waals surface area contributed by atoms with E-state index in [-0.39, 0.29) is 11.6 Å². The number of fused-ring (bicyclic) bond motifs is 1. The third-order valence-corrected chi connectivity index (χ3v) is 3.11. The quantitative estimate of drug-likeness (QED) is 0.585. The van der Waals surface area contributed by atoms with Gasteiger partial charge in [-0.3, -0.25) is 9.59 Å². The summed E-state index contributed by atoms with van der Waals surface area (Å²) in [5, 5.41) is 0. The molecule has 4 heteroatoms. The summed E-state index contributed by atoms with van der Waals surface area (Å²) in [6.45, 7) is 0. The molecule has 1 aliphatic carbocycles. The molecule has 0 amide bonds. The third kappa shape index (κ3) is 1.40. The molecule has 1 aromatic rings. The number of Topliss-reactive ketones (excluding diaryl/α,β-unsaturated/α-hetero) is 1. The summed E-state index contributed by atoms with van der Waals surface area (Å²) in [5.41, 5.74) is 0.945. The minimum atomic E-state index is -0.128. The molecule has 0 spiro atoms. The molecule has 1 aromatic carbocycles. The Kier molecular flexibility index (Phi) is 2.48. The lowest BCUT2D eigenvalue weighted by Gasteiger charge is -2.11. The number of benzene rings is 1. The van der Waals surface area contributed by atoms with Gasteiger partial charge in [-0.05, 0) is 0 Å². The number of carbonyl (C=O) groups is 2. The van der Waals surface area contributed by atoms with E-state index in [4.69, 9.17) is 0 Å². The number of hydrogen-bond donors (Lipinski definition) is 1. The highest BCUT2D eigenvalue weighted by Crippen LogP contribution is 2.29. The lowest BCUT2D eigenvalue weighted by molar-refractivity contribution is 0.0991. The van der Waals surface area contributed by atoms with Gasteiger partial charge in [-0.15, -0.1) is 11.7 Å². The molecule has 0 unspecified atom stereocenters. The zero-order valence-corrected chi connectivity index (χ0v) is 8.77. The predicted octanol–water partition coefficient (Wildman–Crippen LogP) is 2.53. The zero-order chi connectivity index (χ0) is 10.1. The SMILES string of the molecule is O=C1C=C(SS)C(=O)c2ccccc21. The van der Waals surface area contributed by atoms with Crippen LogP contribution in [-0.4, -0.2) is 11.6 Å². The lowest BCUT2D eigenvalue weighted by atomic mass is 9.95. The van der Waals surface area contributed by atoms with Crippen molar-refractivity contribution in [3.8, 4) is 0 Å². The van der Waals surface area contributed by atoms with Crippen LogP contribution in [0.1, 0.15) is 20.7 Å². The van der Waals surface area contributed by atoms with E-state index >= 15 is 0 Å². The number of carbonyl (C=O) groups excluding carboxylic acids is 2. The highest BCUT2D eigenvalue weighted by Gasteiger charge is 2.24. The fraction of sp³-hybridized carbons (Fsp3) is 0. The molecular weight excluding hydrogens is 216 g/mol. The molecule has 0 saturated carbocycles. The van der Waals surface area contributed by atoms with E-state index < -0.39 is 0 Å². The van der Waals surface area contributed by atoms with Crippen LogP contribution in [-0.2, 0) is 0 Å². The van der Waals surface area contributed by atoms with Gasteiger partial charge in [-0.1, -0.05) is 35.1 Å². The largest absolute Gasteiger partial charge is 0.289 e. The minimum Gasteiger partial charge on any atom is -0.289 e. The first-order valence-electron chi connectivity index (χ1n) is 3.95. The second kappa shape index (κ2) is 3.63. The second-order valence-corrected chi connectivity index (χ2v) is 4.01. The van der Waals surface area contributed by atoms with Crippen LogP contribution in [0.5, 0.6) is 0 Å². The Labute approximate surface area is 90.2 Å². The van der Waals surface area contributed by atoms with Gasteiger partial charge in [-0.25, -0.2) is 0 Å². The molecule has 0 saturated heterocycles. The highest BCUT2D eigenvalue weighted by atomic mass is 33.1. The molecule has 0 N–H and O–H groups in total. The van der Waals surface area contributed by atoms with Gasteiger partial charge in [0.15, 0.2) is 5.78 Å². The third-order valence-electron chi connectivity index (χ3n) is 2.02. The Morgan fingerprint density at radius 2 is 1.71 bits per heavy atom. The van der Waals surface area contributed by atoms with Gasteiger partial charge < -0.3 is 0 Å². The van der Waals surface area contributed by atoms with E-state index in [2.05, 4.69) is 11.7 Å². The molecular formula is C10H6O2S2. The van der Waals surface area contributed by atoms with Crippen LogP contribution < -0.4 is 0 Å². The van der Waals surface area contributed by atoms with Crippen molar-refractivity contribution in [3.05, 3.63) is 46.4 Å². The van der Waals surface area contributed by atoms with Crippen LogP contribution in [0.2, 0.25) is 0 Å². The van der Waals surface area contributed by atoms with E-state index in [9.17, 15) is 9.59 Å². The number of thiol groups is 1. The first-order valence-corrected chi connectivity index (χ1v) is 5.82. The fourth-order valence-corrected chi connectivity index (χ4v) is 2.12. The van der Waals surface area contributed by atoms with Crippen molar-refractivity contribution >= 4 is 34.0 Å². The van der Waals surface area contributed by atoms with Crippen LogP contribution in [0.4, 0.5) is 0 Å². The summed E-state index contributed by atoms with van der Waals surface area (Å²) < 4.78 is 0. The second-order valence-electron chi connectivity index (χ2n) is 2.84. The molecule has 70 valence electrons. The average molecular weight is 222 g/mol. The van der Waals surface area contributed by atoms with Gasteiger partial charge in [0.1, 0.15) is 0 Å². The van der Waals surface area contributed by atoms with E-state index in [1.54, 1.807) is 24.3 Å². The number of allylic oxidation sites excluding steroid dienone is 2. The molecule has 14 heavy (non-hydrogen) atoms. The van der Waals surface area contributed by atoms with Gasteiger partial charge in [0.05, 0.1) is 4.91 Å². The summed E-state index contributed by atoms with van der Waals surface area (Å²) >= 11 is 3.93. The van der Waals surface area contributed by atoms with Crippen molar-refractivity contribution in [2.24, 2.45) is 0 Å². The monoisotopic (exact) mass is 222 g/mol. The van der Waals surface area contributed by atoms with Gasteiger partial charge >= 0.3 is 0 Å². The van der Waals surface area contributed by atoms with Crippen molar-refractivity contribution in [3.63, 3.8) is 0 Å². The fourth-order valence-electron chi connectivity index (χ4n) is 1.36. The Hall–Kier alpha value is -1.00. The van der Waals surface area contributed by atoms with Gasteiger partial charge in [-0.2, -0.15) is 0 Å². The van der Waals surface area contributed by atoms with Crippen molar-refractivity contribution in [1.29, 1.82) is 0 Å². The van der Waals surface area contributed by atoms with Crippen LogP contribution >= 0.6 is 22.5 Å². The maximum Gasteiger partial charge on any atom is 0.201 e. The first-order chi connectivity index (χ1) is 6.74. The summed E-state index contributed by atoms with van der Waals surface area (Å²) in [6.07, 6.45) is 1.34. The van der Waals surface area contributed by atoms with E-state index in [1.807, 2.05) is 0 Å². The smallest absolute Gasteiger partial charge is 0.201 e. The summed E-state index contributed by atoms with van der Waals surface area (Å²) in [6, 6.07) is 6.81. The van der Waals surface area contributed by atoms with Crippen LogP contribution in [0.3, 0.4) is 0 Å². The van der Waals surface area contributed by atoms with Crippen LogP contribution in [0.15, 0.2) is 35.2 Å². The van der Waals surface area contributed by atoms with E-state index in [0.29, 0.717) is 16.0 Å². The normalized spacial score (nSPS) is 15.1. The Morgan fingerprint density at radius 1 is 1.07 bits per heavy atom. The molecule has 2 rings (SSSR count). The summed E-state index contributed by atoms with van der Waals surface area (Å²) in [5.74, 6) is -0.253. The molecule has 2 nitrogen and oxygen atoms in total. The van der Waals surface area contributed by atoms with Crippen LogP contribution in [0.25, 0.3) is 0 Å². The molecule has 0 heterocycles. The van der Waals surface area contributed by atoms with Crippen molar-refractivity contribution in [2.45, 2.75) is 0 Å². The van der Waals surface area contributed by atoms with E-state index in [0.717, 1.165) is 10.8 Å². The van der Waals surface area contributed by atoms with Crippen molar-refractivity contribution in [2.75, 3.05) is 0 Å². The number of hydrogen-bond acceptors (Lipinski definition) is 4. The lowest BCUT2D eigenvalue weighted by Crippen LogP contribution is -2.14. The topological polar surface area (TPSA) is 34.1 Å². The minimum absolute atomic E-state index is 0.125. The van der Waals surface area contributed by atoms with E-state index in [1.165, 1.54) is 6.08 Å². The van der Waals surface area contributed by atoms with Gasteiger partial charge in [0, 0.05) is 17.2 Å². The summed E-state index contributed by atoms with van der Waals surface area (Å²) in [7, 11) is 1.01. The Balaban J connectivity index is 2.61. The van der Waals surface area contributed by atoms with Crippen LogP contribution in [0, 0.1) is 0 Å². The molecule has 0 bridgehead atoms. The average Bonchev–Trinajstić information content (AvgIpc) is 2.23. The molecule has 0 aliphatic heterocycles. The maximum absolute atomic E-state index is 11.7. The molecule has 0 fully saturated rings. The number of ketones is 2. The summed E-state index contributed by atoms with van der Waals surface area (Å²) in [4.78, 5) is 23.6. The highest BCUT2D eigenvalue weighted by molar-refractivity contribution is 8.70. The Bertz CT molecular complexity index is 449. The maximum atomic E-state index is 11.7.